The van der Waals surface area contributed by atoms with Gasteiger partial charge in [0.2, 0.25) is 0 Å². The van der Waals surface area contributed by atoms with Gasteiger partial charge in [-0.1, -0.05) is 30.3 Å². The van der Waals surface area contributed by atoms with Gasteiger partial charge in [-0.05, 0) is 75.1 Å². The number of aliphatic hydroxyl groups excluding tert-OH is 1. The maximum atomic E-state index is 13.7. The molecule has 1 aliphatic rings. The molecule has 6 nitrogen and oxygen atoms in total. The normalized spacial score (nSPS) is 17.1. The van der Waals surface area contributed by atoms with Crippen molar-refractivity contribution in [2.24, 2.45) is 5.41 Å². The smallest absolute Gasteiger partial charge is 0.418 e. The van der Waals surface area contributed by atoms with Crippen LogP contribution in [0.15, 0.2) is 71.1 Å². The van der Waals surface area contributed by atoms with Crippen LogP contribution in [0.1, 0.15) is 47.4 Å². The molecule has 218 valence electrons. The van der Waals surface area contributed by atoms with E-state index in [1.807, 2.05) is 50.2 Å². The molecule has 0 saturated heterocycles. The first kappa shape index (κ1) is 27.9. The predicted molar refractivity (Wildman–Crippen MR) is 155 cm³/mol. The van der Waals surface area contributed by atoms with Gasteiger partial charge >= 0.3 is 6.18 Å². The number of aryl methyl sites for hydroxylation is 1. The maximum absolute atomic E-state index is 13.7. The minimum atomic E-state index is -4.48. The third-order valence-corrected chi connectivity index (χ3v) is 8.05. The SMILES string of the molecule is CC(C)Oc1ccc(-c2cc3ccccc3o2)cc1C(=O)NCC1(CO)CCc2[nH]c3c(C(F)(F)F)cccc3c2C1. The van der Waals surface area contributed by atoms with Crippen molar-refractivity contribution >= 4 is 27.8 Å². The highest BCUT2D eigenvalue weighted by Gasteiger charge is 2.39. The lowest BCUT2D eigenvalue weighted by molar-refractivity contribution is -0.136. The van der Waals surface area contributed by atoms with Crippen molar-refractivity contribution in [3.8, 4) is 17.1 Å². The molecule has 1 aliphatic carbocycles. The van der Waals surface area contributed by atoms with Crippen LogP contribution in [0.5, 0.6) is 5.75 Å². The van der Waals surface area contributed by atoms with E-state index in [1.165, 1.54) is 6.07 Å². The number of benzene rings is 3. The van der Waals surface area contributed by atoms with Gasteiger partial charge in [-0.3, -0.25) is 4.79 Å². The van der Waals surface area contributed by atoms with Gasteiger partial charge in [0, 0.05) is 34.0 Å². The van der Waals surface area contributed by atoms with Crippen LogP contribution in [0.2, 0.25) is 0 Å². The first-order valence-electron chi connectivity index (χ1n) is 14.0. The highest BCUT2D eigenvalue weighted by Crippen LogP contribution is 2.42. The van der Waals surface area contributed by atoms with Crippen molar-refractivity contribution in [3.63, 3.8) is 0 Å². The zero-order valence-corrected chi connectivity index (χ0v) is 23.3. The number of halogens is 3. The lowest BCUT2D eigenvalue weighted by Crippen LogP contribution is -2.43. The van der Waals surface area contributed by atoms with Crippen LogP contribution in [0.4, 0.5) is 13.2 Å². The number of fused-ring (bicyclic) bond motifs is 4. The Hall–Kier alpha value is -4.24. The predicted octanol–water partition coefficient (Wildman–Crippen LogP) is 7.28. The van der Waals surface area contributed by atoms with Crippen LogP contribution in [0.25, 0.3) is 33.2 Å². The topological polar surface area (TPSA) is 87.5 Å². The molecule has 2 aromatic heterocycles. The second-order valence-corrected chi connectivity index (χ2v) is 11.4. The van der Waals surface area contributed by atoms with E-state index in [0.29, 0.717) is 47.3 Å². The lowest BCUT2D eigenvalue weighted by Gasteiger charge is -2.36. The molecule has 0 spiro atoms. The number of hydrogen-bond donors (Lipinski definition) is 3. The average molecular weight is 577 g/mol. The molecule has 0 fully saturated rings. The Morgan fingerprint density at radius 2 is 1.93 bits per heavy atom. The summed E-state index contributed by atoms with van der Waals surface area (Å²) in [4.78, 5) is 16.6. The second-order valence-electron chi connectivity index (χ2n) is 11.4. The summed E-state index contributed by atoms with van der Waals surface area (Å²) in [5.74, 6) is 0.661. The number of carbonyl (C=O) groups is 1. The molecule has 3 aromatic carbocycles. The number of hydrogen-bond acceptors (Lipinski definition) is 4. The summed E-state index contributed by atoms with van der Waals surface area (Å²) in [6.07, 6.45) is -3.37. The van der Waals surface area contributed by atoms with Gasteiger partial charge in [-0.25, -0.2) is 0 Å². The van der Waals surface area contributed by atoms with E-state index < -0.39 is 17.2 Å². The van der Waals surface area contributed by atoms with Gasteiger partial charge in [0.1, 0.15) is 17.1 Å². The number of aromatic amines is 1. The van der Waals surface area contributed by atoms with E-state index in [4.69, 9.17) is 9.15 Å². The standard InChI is InChI=1S/C33H31F3N2O4/c1-19(2)41-28-11-10-21(29-15-20-6-3-4-9-27(20)42-29)14-23(28)31(40)37-17-32(18-39)13-12-26-24(16-32)22-7-5-8-25(30(22)38-26)33(34,35)36/h3-11,14-15,19,38-39H,12-13,16-18H2,1-2H3,(H,37,40). The molecule has 0 aliphatic heterocycles. The number of nitrogens with one attached hydrogen (secondary N) is 2. The number of ether oxygens (including phenoxy) is 1. The maximum Gasteiger partial charge on any atom is 0.418 e. The Kier molecular flexibility index (Phi) is 7.01. The van der Waals surface area contributed by atoms with Gasteiger partial charge in [0.05, 0.1) is 29.4 Å². The molecule has 3 N–H and O–H groups in total. The summed E-state index contributed by atoms with van der Waals surface area (Å²) < 4.78 is 52.9. The third kappa shape index (κ3) is 5.13. The molecule has 1 amide bonds. The zero-order chi connectivity index (χ0) is 29.6. The molecule has 0 bridgehead atoms. The van der Waals surface area contributed by atoms with Crippen molar-refractivity contribution in [1.82, 2.24) is 10.3 Å². The van der Waals surface area contributed by atoms with Gasteiger partial charge in [-0.15, -0.1) is 0 Å². The number of alkyl halides is 3. The number of rotatable bonds is 7. The Bertz CT molecular complexity index is 1750. The first-order chi connectivity index (χ1) is 20.1. The largest absolute Gasteiger partial charge is 0.490 e. The van der Waals surface area contributed by atoms with Crippen molar-refractivity contribution < 1.29 is 32.2 Å². The molecular formula is C33H31F3N2O4. The Balaban J connectivity index is 1.28. The van der Waals surface area contributed by atoms with E-state index >= 15 is 0 Å². The molecule has 0 saturated carbocycles. The van der Waals surface area contributed by atoms with Gasteiger partial charge < -0.3 is 24.6 Å². The number of furan rings is 1. The van der Waals surface area contributed by atoms with Crippen LogP contribution in [0.3, 0.4) is 0 Å². The third-order valence-electron chi connectivity index (χ3n) is 8.05. The monoisotopic (exact) mass is 576 g/mol. The number of H-pyrrole nitrogens is 1. The molecule has 1 atom stereocenters. The average Bonchev–Trinajstić information content (AvgIpc) is 3.56. The summed E-state index contributed by atoms with van der Waals surface area (Å²) in [6.45, 7) is 3.66. The number of aromatic nitrogens is 1. The fraction of sp³-hybridized carbons (Fsp3) is 0.303. The van der Waals surface area contributed by atoms with Gasteiger partial charge in [-0.2, -0.15) is 13.2 Å². The number of amides is 1. The van der Waals surface area contributed by atoms with Crippen LogP contribution >= 0.6 is 0 Å². The highest BCUT2D eigenvalue weighted by atomic mass is 19.4. The summed E-state index contributed by atoms with van der Waals surface area (Å²) in [6, 6.07) is 19.0. The fourth-order valence-electron chi connectivity index (χ4n) is 5.88. The second kappa shape index (κ2) is 10.5. The Morgan fingerprint density at radius 1 is 1.12 bits per heavy atom. The highest BCUT2D eigenvalue weighted by molar-refractivity contribution is 5.98. The quantitative estimate of drug-likeness (QED) is 0.190. The van der Waals surface area contributed by atoms with Crippen LogP contribution in [-0.2, 0) is 19.0 Å². The molecule has 0 radical (unpaired) electrons. The summed E-state index contributed by atoms with van der Waals surface area (Å²) in [7, 11) is 0. The number of para-hydroxylation sites is 2. The molecule has 2 heterocycles. The van der Waals surface area contributed by atoms with Crippen LogP contribution < -0.4 is 10.1 Å². The lowest BCUT2D eigenvalue weighted by atomic mass is 9.73. The van der Waals surface area contributed by atoms with E-state index in [9.17, 15) is 23.1 Å². The Labute approximate surface area is 240 Å². The van der Waals surface area contributed by atoms with E-state index in [2.05, 4.69) is 10.3 Å². The van der Waals surface area contributed by atoms with Crippen molar-refractivity contribution in [3.05, 3.63) is 89.1 Å². The summed E-state index contributed by atoms with van der Waals surface area (Å²) >= 11 is 0. The molecule has 5 aromatic rings. The van der Waals surface area contributed by atoms with Crippen LogP contribution in [-0.4, -0.2) is 35.3 Å². The van der Waals surface area contributed by atoms with Crippen LogP contribution in [0, 0.1) is 5.41 Å². The summed E-state index contributed by atoms with van der Waals surface area (Å²) in [5, 5.41) is 14.9. The first-order valence-corrected chi connectivity index (χ1v) is 14.0. The molecule has 6 rings (SSSR count). The molecule has 1 unspecified atom stereocenters. The Morgan fingerprint density at radius 3 is 2.67 bits per heavy atom. The van der Waals surface area contributed by atoms with E-state index in [1.54, 1.807) is 18.2 Å². The van der Waals surface area contributed by atoms with Crippen molar-refractivity contribution in [2.45, 2.75) is 45.4 Å². The van der Waals surface area contributed by atoms with Gasteiger partial charge in [0.25, 0.3) is 5.91 Å². The van der Waals surface area contributed by atoms with Gasteiger partial charge in [0.15, 0.2) is 0 Å². The molecular weight excluding hydrogens is 545 g/mol. The van der Waals surface area contributed by atoms with E-state index in [-0.39, 0.29) is 30.7 Å². The molecule has 9 heteroatoms. The summed E-state index contributed by atoms with van der Waals surface area (Å²) in [5.41, 5.74) is 1.89. The minimum absolute atomic E-state index is 0.0608. The number of carbonyl (C=O) groups excluding carboxylic acids is 1. The van der Waals surface area contributed by atoms with Crippen molar-refractivity contribution in [2.75, 3.05) is 13.2 Å². The number of aliphatic hydroxyl groups is 1. The zero-order valence-electron chi connectivity index (χ0n) is 23.3. The van der Waals surface area contributed by atoms with E-state index in [0.717, 1.165) is 28.3 Å². The fourth-order valence-corrected chi connectivity index (χ4v) is 5.88. The molecule has 42 heavy (non-hydrogen) atoms. The minimum Gasteiger partial charge on any atom is -0.490 e. The van der Waals surface area contributed by atoms with Crippen molar-refractivity contribution in [1.29, 1.82) is 0 Å².